The van der Waals surface area contributed by atoms with Gasteiger partial charge < -0.3 is 19.9 Å². The van der Waals surface area contributed by atoms with Crippen molar-refractivity contribution < 1.29 is 27.8 Å². The SMILES string of the molecule is Cc1ccc(S(=O)(=O)N[C@H](Cc2ccccc2)C(=O)NCc2ccccc2-c2ccc([C@@H]3O[C@H](CSc4ccccn4)[C@H](C)[C@H](c4ccc(CO)cc4)O3)cc2)cc1. The molecule has 1 saturated heterocycles. The molecule has 3 N–H and O–H groups in total. The maximum atomic E-state index is 13.8. The van der Waals surface area contributed by atoms with Gasteiger partial charge in [-0.15, -0.1) is 11.8 Å². The number of thioether (sulfide) groups is 1. The van der Waals surface area contributed by atoms with Crippen molar-refractivity contribution in [2.24, 2.45) is 5.92 Å². The van der Waals surface area contributed by atoms with Crippen molar-refractivity contribution in [3.63, 3.8) is 0 Å². The maximum Gasteiger partial charge on any atom is 0.241 e. The average Bonchev–Trinajstić information content (AvgIpc) is 3.26. The third-order valence-corrected chi connectivity index (χ3v) is 12.9. The predicted octanol–water partition coefficient (Wildman–Crippen LogP) is 8.34. The average molecular weight is 814 g/mol. The lowest BCUT2D eigenvalue weighted by Gasteiger charge is -2.41. The van der Waals surface area contributed by atoms with Crippen LogP contribution < -0.4 is 10.0 Å². The zero-order valence-corrected chi connectivity index (χ0v) is 34.0. The molecule has 0 bridgehead atoms. The lowest BCUT2D eigenvalue weighted by atomic mass is 9.91. The van der Waals surface area contributed by atoms with Crippen LogP contribution >= 0.6 is 11.8 Å². The van der Waals surface area contributed by atoms with Crippen molar-refractivity contribution in [3.8, 4) is 11.1 Å². The summed E-state index contributed by atoms with van der Waals surface area (Å²) in [6.07, 6.45) is 0.977. The Bertz CT molecular complexity index is 2360. The Kier molecular flexibility index (Phi) is 13.5. The van der Waals surface area contributed by atoms with Gasteiger partial charge in [-0.1, -0.05) is 134 Å². The van der Waals surface area contributed by atoms with E-state index in [4.69, 9.17) is 9.47 Å². The van der Waals surface area contributed by atoms with E-state index >= 15 is 0 Å². The first-order chi connectivity index (χ1) is 28.2. The second-order valence-corrected chi connectivity index (χ2v) is 17.2. The van der Waals surface area contributed by atoms with Gasteiger partial charge in [-0.2, -0.15) is 4.72 Å². The predicted molar refractivity (Wildman–Crippen MR) is 227 cm³/mol. The minimum atomic E-state index is -3.98. The summed E-state index contributed by atoms with van der Waals surface area (Å²) in [7, 11) is -3.98. The zero-order chi connectivity index (χ0) is 40.5. The number of aliphatic hydroxyl groups is 1. The van der Waals surface area contributed by atoms with E-state index in [0.29, 0.717) is 5.75 Å². The summed E-state index contributed by atoms with van der Waals surface area (Å²) < 4.78 is 42.9. The normalized spacial score (nSPS) is 18.7. The molecule has 298 valence electrons. The number of hydrogen-bond donors (Lipinski definition) is 3. The molecule has 1 fully saturated rings. The fourth-order valence-electron chi connectivity index (χ4n) is 7.00. The van der Waals surface area contributed by atoms with E-state index in [1.807, 2.05) is 128 Å². The molecule has 11 heteroatoms. The minimum Gasteiger partial charge on any atom is -0.392 e. The standard InChI is InChI=1S/C47H47N3O6S2/c1-32-15-25-40(26-16-32)58(53,54)50-42(28-34-10-4-3-5-11-34)46(52)49-29-39-12-6-7-13-41(39)36-21-23-38(24-22-36)47-55-43(31-57-44-14-8-9-27-48-44)33(2)45(56-47)37-19-17-35(30-51)18-20-37/h3-27,33,42-43,45,47,50-51H,28-31H2,1-2H3,(H,49,52)/t33-,42+,43+,45+,47+/m0/s1. The van der Waals surface area contributed by atoms with Crippen LogP contribution in [0, 0.1) is 12.8 Å². The Morgan fingerprint density at radius 2 is 1.48 bits per heavy atom. The summed E-state index contributed by atoms with van der Waals surface area (Å²) in [5.41, 5.74) is 7.25. The zero-order valence-electron chi connectivity index (χ0n) is 32.4. The number of aromatic nitrogens is 1. The Hall–Kier alpha value is -5.14. The summed E-state index contributed by atoms with van der Waals surface area (Å²) >= 11 is 1.65. The van der Waals surface area contributed by atoms with Crippen molar-refractivity contribution in [2.45, 2.75) is 67.9 Å². The number of rotatable bonds is 15. The number of amides is 1. The van der Waals surface area contributed by atoms with Gasteiger partial charge in [0.1, 0.15) is 6.04 Å². The molecule has 1 aromatic heterocycles. The molecule has 1 aliphatic heterocycles. The van der Waals surface area contributed by atoms with Crippen LogP contribution in [0.1, 0.15) is 52.7 Å². The van der Waals surface area contributed by atoms with Crippen LogP contribution in [0.5, 0.6) is 0 Å². The lowest BCUT2D eigenvalue weighted by Crippen LogP contribution is -2.47. The lowest BCUT2D eigenvalue weighted by molar-refractivity contribution is -0.268. The number of hydrogen-bond acceptors (Lipinski definition) is 8. The summed E-state index contributed by atoms with van der Waals surface area (Å²) in [5.74, 6) is 0.306. The smallest absolute Gasteiger partial charge is 0.241 e. The highest BCUT2D eigenvalue weighted by atomic mass is 32.2. The van der Waals surface area contributed by atoms with E-state index in [9.17, 15) is 18.3 Å². The summed E-state index contributed by atoms with van der Waals surface area (Å²) in [4.78, 5) is 18.4. The van der Waals surface area contributed by atoms with Crippen LogP contribution in [-0.4, -0.2) is 42.3 Å². The third kappa shape index (κ3) is 10.3. The van der Waals surface area contributed by atoms with E-state index < -0.39 is 28.3 Å². The Morgan fingerprint density at radius 1 is 0.793 bits per heavy atom. The van der Waals surface area contributed by atoms with Crippen molar-refractivity contribution in [1.29, 1.82) is 0 Å². The molecule has 0 spiro atoms. The number of ether oxygens (including phenoxy) is 2. The van der Waals surface area contributed by atoms with Crippen LogP contribution in [0.4, 0.5) is 0 Å². The first kappa shape index (κ1) is 41.0. The number of pyridine rings is 1. The number of sulfonamides is 1. The summed E-state index contributed by atoms with van der Waals surface area (Å²) in [5, 5.41) is 13.6. The van der Waals surface area contributed by atoms with Crippen molar-refractivity contribution in [3.05, 3.63) is 185 Å². The van der Waals surface area contributed by atoms with Crippen LogP contribution in [0.25, 0.3) is 11.1 Å². The molecule has 6 aromatic rings. The molecule has 1 amide bonds. The van der Waals surface area contributed by atoms with Crippen LogP contribution in [0.2, 0.25) is 0 Å². The molecule has 7 rings (SSSR count). The topological polar surface area (TPSA) is 127 Å². The van der Waals surface area contributed by atoms with Gasteiger partial charge in [0.05, 0.1) is 28.7 Å². The largest absolute Gasteiger partial charge is 0.392 e. The molecular formula is C47H47N3O6S2. The molecule has 2 heterocycles. The van der Waals surface area contributed by atoms with Gasteiger partial charge in [-0.25, -0.2) is 13.4 Å². The van der Waals surface area contributed by atoms with Gasteiger partial charge in [0, 0.05) is 30.0 Å². The van der Waals surface area contributed by atoms with Crippen molar-refractivity contribution >= 4 is 27.7 Å². The number of nitrogens with zero attached hydrogens (tertiary/aromatic N) is 1. The van der Waals surface area contributed by atoms with Crippen molar-refractivity contribution in [1.82, 2.24) is 15.0 Å². The van der Waals surface area contributed by atoms with Gasteiger partial charge in [-0.3, -0.25) is 4.79 Å². The van der Waals surface area contributed by atoms with Gasteiger partial charge in [0.25, 0.3) is 0 Å². The van der Waals surface area contributed by atoms with Gasteiger partial charge in [-0.05, 0) is 71.0 Å². The number of carbonyl (C=O) groups excluding carboxylic acids is 1. The van der Waals surface area contributed by atoms with Gasteiger partial charge in [0.2, 0.25) is 15.9 Å². The molecule has 0 saturated carbocycles. The van der Waals surface area contributed by atoms with Crippen LogP contribution in [-0.2, 0) is 43.9 Å². The van der Waals surface area contributed by atoms with Gasteiger partial charge in [0.15, 0.2) is 6.29 Å². The third-order valence-electron chi connectivity index (χ3n) is 10.3. The fourth-order valence-corrected chi connectivity index (χ4v) is 9.22. The number of aliphatic hydroxyl groups excluding tert-OH is 1. The summed E-state index contributed by atoms with van der Waals surface area (Å²) in [6.45, 7) is 4.20. The first-order valence-corrected chi connectivity index (χ1v) is 21.8. The summed E-state index contributed by atoms with van der Waals surface area (Å²) in [6, 6.07) is 44.5. The van der Waals surface area contributed by atoms with Crippen molar-refractivity contribution in [2.75, 3.05) is 5.75 Å². The fraction of sp³-hybridized carbons (Fsp3) is 0.234. The van der Waals surface area contributed by atoms with Crippen LogP contribution in [0.15, 0.2) is 162 Å². The van der Waals surface area contributed by atoms with Gasteiger partial charge >= 0.3 is 0 Å². The number of aryl methyl sites for hydroxylation is 1. The number of nitrogens with one attached hydrogen (secondary N) is 2. The first-order valence-electron chi connectivity index (χ1n) is 19.3. The monoisotopic (exact) mass is 813 g/mol. The molecule has 0 aliphatic carbocycles. The molecule has 1 aliphatic rings. The number of benzene rings is 5. The molecule has 5 aromatic carbocycles. The maximum absolute atomic E-state index is 13.8. The molecule has 0 radical (unpaired) electrons. The minimum absolute atomic E-state index is 0.0247. The van der Waals surface area contributed by atoms with E-state index in [1.54, 1.807) is 42.2 Å². The van der Waals surface area contributed by atoms with E-state index in [0.717, 1.165) is 49.5 Å². The molecule has 58 heavy (non-hydrogen) atoms. The second kappa shape index (κ2) is 19.1. The Labute approximate surface area is 344 Å². The highest BCUT2D eigenvalue weighted by Crippen LogP contribution is 2.43. The molecule has 0 unspecified atom stereocenters. The molecule has 5 atom stereocenters. The molecular weight excluding hydrogens is 767 g/mol. The second-order valence-electron chi connectivity index (χ2n) is 14.5. The highest BCUT2D eigenvalue weighted by Gasteiger charge is 2.38. The molecule has 9 nitrogen and oxygen atoms in total. The van der Waals surface area contributed by atoms with E-state index in [2.05, 4.69) is 21.9 Å². The quantitative estimate of drug-likeness (QED) is 0.0884. The van der Waals surface area contributed by atoms with E-state index in [1.165, 1.54) is 0 Å². The Morgan fingerprint density at radius 3 is 2.19 bits per heavy atom. The highest BCUT2D eigenvalue weighted by molar-refractivity contribution is 7.99. The van der Waals surface area contributed by atoms with Crippen LogP contribution in [0.3, 0.4) is 0 Å². The number of carbonyl (C=O) groups is 1. The Balaban J connectivity index is 1.08. The van der Waals surface area contributed by atoms with E-state index in [-0.39, 0.29) is 42.6 Å².